The largest absolute Gasteiger partial charge is 0.495 e. The zero-order valence-electron chi connectivity index (χ0n) is 10.3. The lowest BCUT2D eigenvalue weighted by Gasteiger charge is -2.21. The van der Waals surface area contributed by atoms with Crippen LogP contribution in [0.1, 0.15) is 13.8 Å². The summed E-state index contributed by atoms with van der Waals surface area (Å²) in [4.78, 5) is 6.11. The summed E-state index contributed by atoms with van der Waals surface area (Å²) in [5.41, 5.74) is 6.80. The van der Waals surface area contributed by atoms with E-state index < -0.39 is 0 Å². The third-order valence-electron chi connectivity index (χ3n) is 2.18. The molecular formula is C12H19N3O. The number of rotatable bonds is 3. The Morgan fingerprint density at radius 3 is 2.56 bits per heavy atom. The number of hydrogen-bond acceptors (Lipinski definition) is 2. The van der Waals surface area contributed by atoms with E-state index in [2.05, 4.69) is 4.99 Å². The maximum absolute atomic E-state index is 5.89. The molecule has 88 valence electrons. The van der Waals surface area contributed by atoms with E-state index in [4.69, 9.17) is 10.5 Å². The molecule has 2 N–H and O–H groups in total. The molecule has 0 saturated carbocycles. The lowest BCUT2D eigenvalue weighted by atomic mass is 10.3. The first-order valence-electron chi connectivity index (χ1n) is 5.26. The van der Waals surface area contributed by atoms with Crippen molar-refractivity contribution in [3.8, 4) is 5.75 Å². The van der Waals surface area contributed by atoms with Crippen molar-refractivity contribution in [2.45, 2.75) is 19.9 Å². The highest BCUT2D eigenvalue weighted by Crippen LogP contribution is 2.26. The summed E-state index contributed by atoms with van der Waals surface area (Å²) in [5, 5.41) is 0. The van der Waals surface area contributed by atoms with Crippen LogP contribution >= 0.6 is 0 Å². The quantitative estimate of drug-likeness (QED) is 0.626. The fraction of sp³-hybridized carbons (Fsp3) is 0.417. The first kappa shape index (κ1) is 12.4. The van der Waals surface area contributed by atoms with Gasteiger partial charge in [-0.1, -0.05) is 12.1 Å². The van der Waals surface area contributed by atoms with Crippen LogP contribution in [0.3, 0.4) is 0 Å². The summed E-state index contributed by atoms with van der Waals surface area (Å²) in [6, 6.07) is 7.89. The van der Waals surface area contributed by atoms with E-state index in [0.29, 0.717) is 5.96 Å². The van der Waals surface area contributed by atoms with Crippen LogP contribution in [-0.2, 0) is 0 Å². The van der Waals surface area contributed by atoms with Crippen LogP contribution in [0.2, 0.25) is 0 Å². The van der Waals surface area contributed by atoms with Gasteiger partial charge in [-0.25, -0.2) is 0 Å². The van der Waals surface area contributed by atoms with Gasteiger partial charge in [0.15, 0.2) is 5.96 Å². The van der Waals surface area contributed by atoms with Gasteiger partial charge in [0.25, 0.3) is 0 Å². The molecule has 0 saturated heterocycles. The second kappa shape index (κ2) is 5.39. The number of anilines is 1. The van der Waals surface area contributed by atoms with Crippen LogP contribution < -0.4 is 15.4 Å². The topological polar surface area (TPSA) is 50.9 Å². The number of hydrogen-bond donors (Lipinski definition) is 1. The van der Waals surface area contributed by atoms with Gasteiger partial charge < -0.3 is 15.4 Å². The highest BCUT2D eigenvalue weighted by Gasteiger charge is 2.10. The van der Waals surface area contributed by atoms with Crippen molar-refractivity contribution >= 4 is 11.6 Å². The summed E-state index contributed by atoms with van der Waals surface area (Å²) < 4.78 is 5.27. The molecule has 0 aliphatic heterocycles. The molecule has 0 radical (unpaired) electrons. The van der Waals surface area contributed by atoms with Crippen molar-refractivity contribution in [2.75, 3.05) is 19.1 Å². The molecule has 0 aliphatic rings. The van der Waals surface area contributed by atoms with Crippen LogP contribution in [-0.4, -0.2) is 26.2 Å². The van der Waals surface area contributed by atoms with E-state index in [1.807, 2.05) is 50.1 Å². The van der Waals surface area contributed by atoms with Gasteiger partial charge in [-0.2, -0.15) is 0 Å². The molecule has 16 heavy (non-hydrogen) atoms. The Morgan fingerprint density at radius 2 is 2.00 bits per heavy atom. The average molecular weight is 221 g/mol. The zero-order chi connectivity index (χ0) is 12.1. The number of benzene rings is 1. The maximum atomic E-state index is 5.89. The number of methoxy groups -OCH3 is 1. The predicted octanol–water partition coefficient (Wildman–Crippen LogP) is 1.85. The summed E-state index contributed by atoms with van der Waals surface area (Å²) in [6.07, 6.45) is 0. The van der Waals surface area contributed by atoms with E-state index in [-0.39, 0.29) is 6.04 Å². The van der Waals surface area contributed by atoms with Crippen molar-refractivity contribution in [1.29, 1.82) is 0 Å². The molecule has 0 aromatic heterocycles. The standard InChI is InChI=1S/C12H19N3O/c1-9(2)14-12(13)15(3)10-7-5-6-8-11(10)16-4/h5-9H,1-4H3,(H2,13,14). The van der Waals surface area contributed by atoms with E-state index in [1.54, 1.807) is 7.11 Å². The molecule has 0 atom stereocenters. The van der Waals surface area contributed by atoms with Gasteiger partial charge in [0, 0.05) is 13.1 Å². The summed E-state index contributed by atoms with van der Waals surface area (Å²) in [6.45, 7) is 3.98. The molecule has 0 spiro atoms. The number of aliphatic imine (C=N–C) groups is 1. The molecule has 1 rings (SSSR count). The molecule has 4 heteroatoms. The van der Waals surface area contributed by atoms with Crippen LogP contribution in [0, 0.1) is 0 Å². The molecule has 1 aromatic rings. The average Bonchev–Trinajstić information content (AvgIpc) is 2.27. The Hall–Kier alpha value is -1.71. The lowest BCUT2D eigenvalue weighted by molar-refractivity contribution is 0.416. The lowest BCUT2D eigenvalue weighted by Crippen LogP contribution is -2.35. The highest BCUT2D eigenvalue weighted by atomic mass is 16.5. The molecule has 0 aliphatic carbocycles. The maximum Gasteiger partial charge on any atom is 0.195 e. The molecule has 1 aromatic carbocycles. The number of nitrogens with two attached hydrogens (primary N) is 1. The Kier molecular flexibility index (Phi) is 4.17. The fourth-order valence-corrected chi connectivity index (χ4v) is 1.38. The van der Waals surface area contributed by atoms with Gasteiger partial charge in [0.05, 0.1) is 12.8 Å². The van der Waals surface area contributed by atoms with Crippen molar-refractivity contribution in [1.82, 2.24) is 0 Å². The van der Waals surface area contributed by atoms with E-state index in [9.17, 15) is 0 Å². The van der Waals surface area contributed by atoms with Crippen molar-refractivity contribution in [3.05, 3.63) is 24.3 Å². The number of para-hydroxylation sites is 2. The van der Waals surface area contributed by atoms with Crippen LogP contribution in [0.15, 0.2) is 29.3 Å². The Labute approximate surface area is 96.7 Å². The van der Waals surface area contributed by atoms with E-state index >= 15 is 0 Å². The smallest absolute Gasteiger partial charge is 0.195 e. The minimum absolute atomic E-state index is 0.178. The molecule has 0 unspecified atom stereocenters. The molecule has 0 bridgehead atoms. The third kappa shape index (κ3) is 2.89. The highest BCUT2D eigenvalue weighted by molar-refractivity contribution is 5.95. The van der Waals surface area contributed by atoms with Gasteiger partial charge in [-0.05, 0) is 26.0 Å². The normalized spacial score (nSPS) is 11.7. The molecule has 0 amide bonds. The molecule has 4 nitrogen and oxygen atoms in total. The molecule has 0 heterocycles. The van der Waals surface area contributed by atoms with Crippen LogP contribution in [0.5, 0.6) is 5.75 Å². The third-order valence-corrected chi connectivity index (χ3v) is 2.18. The van der Waals surface area contributed by atoms with E-state index in [0.717, 1.165) is 11.4 Å². The van der Waals surface area contributed by atoms with Gasteiger partial charge in [0.2, 0.25) is 0 Å². The summed E-state index contributed by atoms with van der Waals surface area (Å²) in [7, 11) is 3.52. The monoisotopic (exact) mass is 221 g/mol. The number of guanidine groups is 1. The van der Waals surface area contributed by atoms with E-state index in [1.165, 1.54) is 0 Å². The molecule has 0 fully saturated rings. The summed E-state index contributed by atoms with van der Waals surface area (Å²) >= 11 is 0. The summed E-state index contributed by atoms with van der Waals surface area (Å²) in [5.74, 6) is 1.27. The predicted molar refractivity (Wildman–Crippen MR) is 68.2 cm³/mol. The minimum Gasteiger partial charge on any atom is -0.495 e. The minimum atomic E-state index is 0.178. The SMILES string of the molecule is COc1ccccc1N(C)C(N)=NC(C)C. The van der Waals surface area contributed by atoms with Crippen molar-refractivity contribution in [3.63, 3.8) is 0 Å². The number of nitrogens with zero attached hydrogens (tertiary/aromatic N) is 2. The first-order chi connectivity index (χ1) is 7.56. The number of ether oxygens (including phenoxy) is 1. The van der Waals surface area contributed by atoms with Crippen LogP contribution in [0.4, 0.5) is 5.69 Å². The Bertz CT molecular complexity index is 374. The van der Waals surface area contributed by atoms with Crippen molar-refractivity contribution in [2.24, 2.45) is 10.7 Å². The molecular weight excluding hydrogens is 202 g/mol. The van der Waals surface area contributed by atoms with Gasteiger partial charge >= 0.3 is 0 Å². The van der Waals surface area contributed by atoms with Crippen LogP contribution in [0.25, 0.3) is 0 Å². The Morgan fingerprint density at radius 1 is 1.38 bits per heavy atom. The van der Waals surface area contributed by atoms with Gasteiger partial charge in [0.1, 0.15) is 5.75 Å². The second-order valence-corrected chi connectivity index (χ2v) is 3.81. The zero-order valence-corrected chi connectivity index (χ0v) is 10.3. The Balaban J connectivity index is 3.00. The first-order valence-corrected chi connectivity index (χ1v) is 5.26. The van der Waals surface area contributed by atoms with Gasteiger partial charge in [-0.3, -0.25) is 4.99 Å². The second-order valence-electron chi connectivity index (χ2n) is 3.81. The van der Waals surface area contributed by atoms with Gasteiger partial charge in [-0.15, -0.1) is 0 Å². The van der Waals surface area contributed by atoms with Crippen molar-refractivity contribution < 1.29 is 4.74 Å². The fourth-order valence-electron chi connectivity index (χ4n) is 1.38.